The highest BCUT2D eigenvalue weighted by atomic mass is 16.7. The summed E-state index contributed by atoms with van der Waals surface area (Å²) >= 11 is 0. The normalized spacial score (nSPS) is 14.9. The van der Waals surface area contributed by atoms with Crippen LogP contribution in [0, 0.1) is 0 Å². The minimum absolute atomic E-state index is 0.247. The van der Waals surface area contributed by atoms with Gasteiger partial charge in [-0.15, -0.1) is 0 Å². The molecule has 2 aliphatic rings. The third kappa shape index (κ3) is 2.92. The molecule has 0 spiro atoms. The molecule has 2 aromatic carbocycles. The van der Waals surface area contributed by atoms with E-state index in [1.807, 2.05) is 30.3 Å². The number of para-hydroxylation sites is 1. The van der Waals surface area contributed by atoms with E-state index in [2.05, 4.69) is 17.1 Å². The van der Waals surface area contributed by atoms with Crippen LogP contribution in [0.3, 0.4) is 0 Å². The fourth-order valence-electron chi connectivity index (χ4n) is 4.69. The van der Waals surface area contributed by atoms with Gasteiger partial charge in [-0.3, -0.25) is 9.78 Å². The summed E-state index contributed by atoms with van der Waals surface area (Å²) in [6.07, 6.45) is 1.35. The maximum atomic E-state index is 12.1. The lowest BCUT2D eigenvalue weighted by atomic mass is 9.96. The van der Waals surface area contributed by atoms with Gasteiger partial charge < -0.3 is 24.5 Å². The van der Waals surface area contributed by atoms with Crippen LogP contribution in [-0.2, 0) is 24.2 Å². The number of pyridine rings is 1. The van der Waals surface area contributed by atoms with E-state index in [4.69, 9.17) is 14.5 Å². The number of hydrogen-bond donors (Lipinski definition) is 2. The molecular formula is C24H21N3O4. The number of fused-ring (bicyclic) bond motifs is 6. The van der Waals surface area contributed by atoms with Gasteiger partial charge in [0.05, 0.1) is 23.4 Å². The smallest absolute Gasteiger partial charge is 0.248 e. The van der Waals surface area contributed by atoms with Gasteiger partial charge in [-0.1, -0.05) is 24.3 Å². The van der Waals surface area contributed by atoms with Crippen LogP contribution >= 0.6 is 0 Å². The fraction of sp³-hybridized carbons (Fsp3) is 0.250. The Bertz CT molecular complexity index is 1340. The molecule has 0 bridgehead atoms. The van der Waals surface area contributed by atoms with E-state index in [9.17, 15) is 9.90 Å². The minimum Gasteiger partial charge on any atom is -0.454 e. The Balaban J connectivity index is 1.51. The van der Waals surface area contributed by atoms with Crippen LogP contribution in [0.15, 0.2) is 42.5 Å². The van der Waals surface area contributed by atoms with Crippen LogP contribution in [-0.4, -0.2) is 45.8 Å². The van der Waals surface area contributed by atoms with Crippen LogP contribution in [0.5, 0.6) is 11.5 Å². The molecule has 0 saturated heterocycles. The first kappa shape index (κ1) is 18.2. The SMILES string of the molecule is O=C(CO)N1CCc2c(nc(Cc3ccc4c(c3)OCO4)c3[nH]c4ccccc4c23)C1. The average molecular weight is 415 g/mol. The highest BCUT2D eigenvalue weighted by molar-refractivity contribution is 6.10. The number of rotatable bonds is 3. The zero-order valence-corrected chi connectivity index (χ0v) is 16.9. The molecule has 31 heavy (non-hydrogen) atoms. The Labute approximate surface area is 178 Å². The molecule has 6 rings (SSSR count). The predicted octanol–water partition coefficient (Wildman–Crippen LogP) is 2.91. The van der Waals surface area contributed by atoms with E-state index in [0.717, 1.165) is 45.9 Å². The molecule has 2 aromatic heterocycles. The summed E-state index contributed by atoms with van der Waals surface area (Å²) in [5, 5.41) is 11.7. The molecule has 0 saturated carbocycles. The molecule has 0 aliphatic carbocycles. The van der Waals surface area contributed by atoms with E-state index in [-0.39, 0.29) is 12.7 Å². The summed E-state index contributed by atoms with van der Waals surface area (Å²) in [4.78, 5) is 22.4. The molecule has 0 fully saturated rings. The summed E-state index contributed by atoms with van der Waals surface area (Å²) < 4.78 is 11.0. The number of benzene rings is 2. The van der Waals surface area contributed by atoms with Crippen molar-refractivity contribution in [3.05, 3.63) is 65.0 Å². The predicted molar refractivity (Wildman–Crippen MR) is 115 cm³/mol. The highest BCUT2D eigenvalue weighted by Gasteiger charge is 2.26. The Hall–Kier alpha value is -3.58. The molecule has 2 N–H and O–H groups in total. The number of aliphatic hydroxyl groups is 1. The number of nitrogens with one attached hydrogen (secondary N) is 1. The maximum Gasteiger partial charge on any atom is 0.248 e. The Morgan fingerprint density at radius 2 is 2.03 bits per heavy atom. The summed E-state index contributed by atoms with van der Waals surface area (Å²) in [5.41, 5.74) is 6.22. The molecule has 2 aliphatic heterocycles. The average Bonchev–Trinajstić information content (AvgIpc) is 3.42. The van der Waals surface area contributed by atoms with Crippen molar-refractivity contribution in [1.29, 1.82) is 0 Å². The van der Waals surface area contributed by atoms with Crippen molar-refractivity contribution in [2.75, 3.05) is 19.9 Å². The van der Waals surface area contributed by atoms with Gasteiger partial charge in [0.2, 0.25) is 12.7 Å². The topological polar surface area (TPSA) is 87.7 Å². The number of nitrogens with zero attached hydrogens (tertiary/aromatic N) is 2. The number of amides is 1. The lowest BCUT2D eigenvalue weighted by Crippen LogP contribution is -2.38. The van der Waals surface area contributed by atoms with Gasteiger partial charge in [0, 0.05) is 29.3 Å². The van der Waals surface area contributed by atoms with E-state index in [0.29, 0.717) is 19.5 Å². The lowest BCUT2D eigenvalue weighted by molar-refractivity contribution is -0.135. The summed E-state index contributed by atoms with van der Waals surface area (Å²) in [6.45, 7) is 0.772. The first-order valence-corrected chi connectivity index (χ1v) is 10.4. The number of aliphatic hydroxyl groups excluding tert-OH is 1. The van der Waals surface area contributed by atoms with Gasteiger partial charge in [-0.25, -0.2) is 0 Å². The lowest BCUT2D eigenvalue weighted by Gasteiger charge is -2.28. The number of carbonyl (C=O) groups is 1. The second-order valence-electron chi connectivity index (χ2n) is 7.99. The zero-order chi connectivity index (χ0) is 20.9. The molecule has 1 amide bonds. The minimum atomic E-state index is -0.477. The first-order chi connectivity index (χ1) is 15.2. The number of carbonyl (C=O) groups excluding carboxylic acids is 1. The van der Waals surface area contributed by atoms with Crippen molar-refractivity contribution >= 4 is 27.7 Å². The molecular weight excluding hydrogens is 394 g/mol. The highest BCUT2D eigenvalue weighted by Crippen LogP contribution is 2.36. The molecule has 4 aromatic rings. The van der Waals surface area contributed by atoms with E-state index in [1.54, 1.807) is 4.90 Å². The second kappa shape index (κ2) is 6.99. The van der Waals surface area contributed by atoms with Gasteiger partial charge >= 0.3 is 0 Å². The maximum absolute atomic E-state index is 12.1. The molecule has 0 unspecified atom stereocenters. The summed E-state index contributed by atoms with van der Waals surface area (Å²) in [6, 6.07) is 14.2. The van der Waals surface area contributed by atoms with Gasteiger partial charge in [0.1, 0.15) is 6.61 Å². The first-order valence-electron chi connectivity index (χ1n) is 10.4. The van der Waals surface area contributed by atoms with Gasteiger partial charge in [-0.05, 0) is 35.7 Å². The van der Waals surface area contributed by atoms with Crippen LogP contribution in [0.2, 0.25) is 0 Å². The van der Waals surface area contributed by atoms with Crippen LogP contribution in [0.25, 0.3) is 21.8 Å². The van der Waals surface area contributed by atoms with E-state index in [1.165, 1.54) is 16.3 Å². The van der Waals surface area contributed by atoms with Crippen LogP contribution in [0.1, 0.15) is 22.5 Å². The van der Waals surface area contributed by atoms with Crippen molar-refractivity contribution in [2.24, 2.45) is 0 Å². The number of aromatic nitrogens is 2. The Morgan fingerprint density at radius 1 is 1.16 bits per heavy atom. The number of ether oxygens (including phenoxy) is 2. The number of hydrogen-bond acceptors (Lipinski definition) is 5. The van der Waals surface area contributed by atoms with Gasteiger partial charge in [-0.2, -0.15) is 0 Å². The molecule has 7 heteroatoms. The number of H-pyrrole nitrogens is 1. The quantitative estimate of drug-likeness (QED) is 0.537. The second-order valence-corrected chi connectivity index (χ2v) is 7.99. The van der Waals surface area contributed by atoms with Gasteiger partial charge in [0.15, 0.2) is 11.5 Å². The van der Waals surface area contributed by atoms with Crippen molar-refractivity contribution in [1.82, 2.24) is 14.9 Å². The van der Waals surface area contributed by atoms with Crippen molar-refractivity contribution in [2.45, 2.75) is 19.4 Å². The number of aromatic amines is 1. The monoisotopic (exact) mass is 415 g/mol. The van der Waals surface area contributed by atoms with Crippen LogP contribution in [0.4, 0.5) is 0 Å². The molecule has 0 radical (unpaired) electrons. The van der Waals surface area contributed by atoms with E-state index >= 15 is 0 Å². The Kier molecular flexibility index (Phi) is 4.11. The third-order valence-electron chi connectivity index (χ3n) is 6.18. The Morgan fingerprint density at radius 3 is 2.94 bits per heavy atom. The summed E-state index contributed by atoms with van der Waals surface area (Å²) in [5.74, 6) is 1.25. The molecule has 156 valence electrons. The third-order valence-corrected chi connectivity index (χ3v) is 6.18. The van der Waals surface area contributed by atoms with Gasteiger partial charge in [0.25, 0.3) is 0 Å². The van der Waals surface area contributed by atoms with E-state index < -0.39 is 6.61 Å². The van der Waals surface area contributed by atoms with Crippen molar-refractivity contribution in [3.8, 4) is 11.5 Å². The molecule has 0 atom stereocenters. The van der Waals surface area contributed by atoms with Crippen molar-refractivity contribution in [3.63, 3.8) is 0 Å². The van der Waals surface area contributed by atoms with Crippen molar-refractivity contribution < 1.29 is 19.4 Å². The standard InChI is InChI=1S/C24H21N3O4/c28-12-22(29)27-8-7-16-19(11-27)25-18(9-14-5-6-20-21(10-14)31-13-30-20)24-23(16)15-3-1-2-4-17(15)26-24/h1-6,10,26,28H,7-9,11-13H2. The molecule has 7 nitrogen and oxygen atoms in total. The fourth-order valence-corrected chi connectivity index (χ4v) is 4.69. The largest absolute Gasteiger partial charge is 0.454 e. The summed E-state index contributed by atoms with van der Waals surface area (Å²) in [7, 11) is 0. The molecule has 4 heterocycles. The zero-order valence-electron chi connectivity index (χ0n) is 16.9. The van der Waals surface area contributed by atoms with Crippen LogP contribution < -0.4 is 9.47 Å².